The van der Waals surface area contributed by atoms with Crippen LogP contribution in [0.4, 0.5) is 0 Å². The Balaban J connectivity index is 2.14. The number of likely N-dealkylation sites (N-methyl/N-ethyl adjacent to an activating group) is 1. The van der Waals surface area contributed by atoms with Gasteiger partial charge in [-0.15, -0.1) is 0 Å². The highest BCUT2D eigenvalue weighted by atomic mass is 15.3. The van der Waals surface area contributed by atoms with Gasteiger partial charge in [-0.25, -0.2) is 0 Å². The minimum Gasteiger partial charge on any atom is -0.317 e. The maximum Gasteiger partial charge on any atom is 0.0277 e. The molecule has 16 heavy (non-hydrogen) atoms. The van der Waals surface area contributed by atoms with E-state index in [0.29, 0.717) is 5.54 Å². The van der Waals surface area contributed by atoms with Gasteiger partial charge in [-0.3, -0.25) is 4.90 Å². The Labute approximate surface area is 101 Å². The summed E-state index contributed by atoms with van der Waals surface area (Å²) in [5.41, 5.74) is 0.342. The molecule has 0 radical (unpaired) electrons. The zero-order chi connectivity index (χ0) is 12.0. The molecule has 1 rings (SSSR count). The molecule has 0 amide bonds. The second kappa shape index (κ2) is 6.58. The van der Waals surface area contributed by atoms with Gasteiger partial charge in [-0.1, -0.05) is 6.92 Å². The van der Waals surface area contributed by atoms with E-state index in [4.69, 9.17) is 0 Å². The van der Waals surface area contributed by atoms with Crippen LogP contribution in [0.5, 0.6) is 0 Å². The van der Waals surface area contributed by atoms with Gasteiger partial charge in [0, 0.05) is 25.2 Å². The summed E-state index contributed by atoms with van der Waals surface area (Å²) in [5.74, 6) is 0. The van der Waals surface area contributed by atoms with Crippen LogP contribution in [-0.2, 0) is 0 Å². The molecule has 0 unspecified atom stereocenters. The largest absolute Gasteiger partial charge is 0.317 e. The number of piperazine rings is 1. The van der Waals surface area contributed by atoms with Crippen LogP contribution < -0.4 is 5.32 Å². The van der Waals surface area contributed by atoms with E-state index in [9.17, 15) is 0 Å². The third kappa shape index (κ3) is 4.40. The Morgan fingerprint density at radius 3 is 2.56 bits per heavy atom. The van der Waals surface area contributed by atoms with Gasteiger partial charge in [0.2, 0.25) is 0 Å². The highest BCUT2D eigenvalue weighted by Crippen LogP contribution is 2.18. The van der Waals surface area contributed by atoms with E-state index in [2.05, 4.69) is 42.9 Å². The number of hydrogen-bond donors (Lipinski definition) is 1. The monoisotopic (exact) mass is 227 g/mol. The second-order valence-electron chi connectivity index (χ2n) is 5.61. The second-order valence-corrected chi connectivity index (χ2v) is 5.61. The van der Waals surface area contributed by atoms with E-state index in [-0.39, 0.29) is 0 Å². The first-order valence-corrected chi connectivity index (χ1v) is 6.70. The molecule has 1 N–H and O–H groups in total. The normalized spacial score (nSPS) is 22.5. The summed E-state index contributed by atoms with van der Waals surface area (Å²) in [7, 11) is 2.24. The van der Waals surface area contributed by atoms with Crippen molar-refractivity contribution in [1.82, 2.24) is 15.1 Å². The average molecular weight is 227 g/mol. The van der Waals surface area contributed by atoms with Gasteiger partial charge in [0.05, 0.1) is 0 Å². The first kappa shape index (κ1) is 13.9. The smallest absolute Gasteiger partial charge is 0.0277 e. The fraction of sp³-hybridized carbons (Fsp3) is 1.00. The Kier molecular flexibility index (Phi) is 5.73. The lowest BCUT2D eigenvalue weighted by Gasteiger charge is -2.45. The van der Waals surface area contributed by atoms with Crippen molar-refractivity contribution in [3.63, 3.8) is 0 Å². The molecular formula is C13H29N3. The molecule has 3 nitrogen and oxygen atoms in total. The molecule has 0 aromatic heterocycles. The third-order valence-corrected chi connectivity index (χ3v) is 3.65. The zero-order valence-corrected chi connectivity index (χ0v) is 11.6. The van der Waals surface area contributed by atoms with Crippen molar-refractivity contribution in [2.24, 2.45) is 0 Å². The summed E-state index contributed by atoms with van der Waals surface area (Å²) >= 11 is 0. The van der Waals surface area contributed by atoms with E-state index in [1.54, 1.807) is 0 Å². The predicted octanol–water partition coefficient (Wildman–Crippen LogP) is 1.40. The maximum atomic E-state index is 3.47. The predicted molar refractivity (Wildman–Crippen MR) is 70.9 cm³/mol. The van der Waals surface area contributed by atoms with Gasteiger partial charge < -0.3 is 10.2 Å². The molecule has 0 aliphatic carbocycles. The van der Waals surface area contributed by atoms with Gasteiger partial charge in [0.25, 0.3) is 0 Å². The molecule has 1 fully saturated rings. The standard InChI is InChI=1S/C13H29N3/c1-5-7-14-8-6-9-16-11-10-15(4)13(2,3)12-16/h14H,5-12H2,1-4H3. The maximum absolute atomic E-state index is 3.47. The van der Waals surface area contributed by atoms with Crippen molar-refractivity contribution >= 4 is 0 Å². The van der Waals surface area contributed by atoms with Crippen LogP contribution in [0.2, 0.25) is 0 Å². The molecule has 0 aromatic carbocycles. The summed E-state index contributed by atoms with van der Waals surface area (Å²) in [5, 5.41) is 3.47. The first-order valence-electron chi connectivity index (χ1n) is 6.70. The molecule has 0 atom stereocenters. The van der Waals surface area contributed by atoms with Crippen molar-refractivity contribution in [3.05, 3.63) is 0 Å². The average Bonchev–Trinajstić information content (AvgIpc) is 2.23. The summed E-state index contributed by atoms with van der Waals surface area (Å²) in [4.78, 5) is 5.08. The molecule has 1 aliphatic rings. The van der Waals surface area contributed by atoms with Crippen molar-refractivity contribution in [3.8, 4) is 0 Å². The SMILES string of the molecule is CCCNCCCN1CCN(C)C(C)(C)C1. The molecule has 1 saturated heterocycles. The van der Waals surface area contributed by atoms with Crippen molar-refractivity contribution in [1.29, 1.82) is 0 Å². The third-order valence-electron chi connectivity index (χ3n) is 3.65. The Morgan fingerprint density at radius 2 is 1.94 bits per heavy atom. The van der Waals surface area contributed by atoms with E-state index < -0.39 is 0 Å². The Hall–Kier alpha value is -0.120. The molecule has 0 aromatic rings. The lowest BCUT2D eigenvalue weighted by Crippen LogP contribution is -2.57. The molecule has 1 aliphatic heterocycles. The lowest BCUT2D eigenvalue weighted by molar-refractivity contribution is 0.0396. The number of nitrogens with zero attached hydrogens (tertiary/aromatic N) is 2. The zero-order valence-electron chi connectivity index (χ0n) is 11.6. The lowest BCUT2D eigenvalue weighted by atomic mass is 10.00. The minimum atomic E-state index is 0.342. The van der Waals surface area contributed by atoms with Crippen LogP contribution in [0, 0.1) is 0 Å². The molecule has 0 bridgehead atoms. The summed E-state index contributed by atoms with van der Waals surface area (Å²) < 4.78 is 0. The van der Waals surface area contributed by atoms with Gasteiger partial charge in [-0.2, -0.15) is 0 Å². The number of rotatable bonds is 6. The molecule has 3 heteroatoms. The van der Waals surface area contributed by atoms with Gasteiger partial charge in [-0.05, 0) is 53.4 Å². The van der Waals surface area contributed by atoms with Crippen LogP contribution in [0.1, 0.15) is 33.6 Å². The van der Waals surface area contributed by atoms with Gasteiger partial charge in [0.1, 0.15) is 0 Å². The van der Waals surface area contributed by atoms with E-state index in [1.165, 1.54) is 45.6 Å². The van der Waals surface area contributed by atoms with Crippen LogP contribution in [0.3, 0.4) is 0 Å². The molecule has 0 saturated carbocycles. The van der Waals surface area contributed by atoms with Crippen LogP contribution >= 0.6 is 0 Å². The van der Waals surface area contributed by atoms with Crippen LogP contribution in [0.15, 0.2) is 0 Å². The Bertz CT molecular complexity index is 192. The molecular weight excluding hydrogens is 198 g/mol. The molecule has 0 spiro atoms. The number of hydrogen-bond acceptors (Lipinski definition) is 3. The molecule has 1 heterocycles. The van der Waals surface area contributed by atoms with Crippen LogP contribution in [-0.4, -0.2) is 61.7 Å². The van der Waals surface area contributed by atoms with Gasteiger partial charge in [0.15, 0.2) is 0 Å². The summed E-state index contributed by atoms with van der Waals surface area (Å²) in [6.45, 7) is 14.1. The van der Waals surface area contributed by atoms with Crippen molar-refractivity contribution < 1.29 is 0 Å². The quantitative estimate of drug-likeness (QED) is 0.692. The minimum absolute atomic E-state index is 0.342. The van der Waals surface area contributed by atoms with Crippen LogP contribution in [0.25, 0.3) is 0 Å². The summed E-state index contributed by atoms with van der Waals surface area (Å²) in [6, 6.07) is 0. The highest BCUT2D eigenvalue weighted by molar-refractivity contribution is 4.88. The van der Waals surface area contributed by atoms with Gasteiger partial charge >= 0.3 is 0 Å². The van der Waals surface area contributed by atoms with E-state index in [1.807, 2.05) is 0 Å². The fourth-order valence-corrected chi connectivity index (χ4v) is 2.26. The topological polar surface area (TPSA) is 18.5 Å². The highest BCUT2D eigenvalue weighted by Gasteiger charge is 2.30. The number of nitrogens with one attached hydrogen (secondary N) is 1. The first-order chi connectivity index (χ1) is 7.56. The van der Waals surface area contributed by atoms with E-state index in [0.717, 1.165) is 6.54 Å². The molecule has 96 valence electrons. The summed E-state index contributed by atoms with van der Waals surface area (Å²) in [6.07, 6.45) is 2.52. The van der Waals surface area contributed by atoms with Crippen molar-refractivity contribution in [2.45, 2.75) is 39.2 Å². The van der Waals surface area contributed by atoms with Crippen molar-refractivity contribution in [2.75, 3.05) is 46.3 Å². The fourth-order valence-electron chi connectivity index (χ4n) is 2.26. The Morgan fingerprint density at radius 1 is 1.19 bits per heavy atom. The van der Waals surface area contributed by atoms with E-state index >= 15 is 0 Å².